The number of amides is 1. The molecule has 0 saturated carbocycles. The lowest BCUT2D eigenvalue weighted by Crippen LogP contribution is -2.36. The first-order chi connectivity index (χ1) is 9.49. The van der Waals surface area contributed by atoms with Gasteiger partial charge in [0.05, 0.1) is 6.10 Å². The maximum Gasteiger partial charge on any atom is 0.251 e. The highest BCUT2D eigenvalue weighted by Gasteiger charge is 2.16. The van der Waals surface area contributed by atoms with Gasteiger partial charge in [0.1, 0.15) is 0 Å². The molecule has 2 unspecified atom stereocenters. The average Bonchev–Trinajstić information content (AvgIpc) is 2.46. The third-order valence-electron chi connectivity index (χ3n) is 3.51. The van der Waals surface area contributed by atoms with Gasteiger partial charge < -0.3 is 10.4 Å². The number of nitrogens with one attached hydrogen (secondary N) is 1. The van der Waals surface area contributed by atoms with Crippen molar-refractivity contribution in [3.8, 4) is 0 Å². The summed E-state index contributed by atoms with van der Waals surface area (Å²) in [5.41, 5.74) is 0.510. The summed E-state index contributed by atoms with van der Waals surface area (Å²) >= 11 is 0. The fraction of sp³-hybridized carbons (Fsp3) is 0.533. The molecule has 1 aromatic rings. The van der Waals surface area contributed by atoms with E-state index >= 15 is 0 Å². The lowest BCUT2D eigenvalue weighted by Gasteiger charge is -2.20. The predicted octanol–water partition coefficient (Wildman–Crippen LogP) is 1.95. The van der Waals surface area contributed by atoms with E-state index in [4.69, 9.17) is 0 Å². The first kappa shape index (κ1) is 16.9. The summed E-state index contributed by atoms with van der Waals surface area (Å²) in [6, 6.07) is 6.66. The minimum atomic E-state index is -1.04. The largest absolute Gasteiger partial charge is 0.391 e. The zero-order valence-electron chi connectivity index (χ0n) is 12.3. The zero-order valence-corrected chi connectivity index (χ0v) is 13.1. The Bertz CT molecular complexity index is 455. The van der Waals surface area contributed by atoms with Crippen LogP contribution in [0.25, 0.3) is 0 Å². The number of hydrogen-bond donors (Lipinski definition) is 2. The fourth-order valence-electron chi connectivity index (χ4n) is 2.10. The van der Waals surface area contributed by atoms with E-state index in [-0.39, 0.29) is 18.4 Å². The van der Waals surface area contributed by atoms with E-state index in [1.807, 2.05) is 13.8 Å². The van der Waals surface area contributed by atoms with Crippen molar-refractivity contribution in [3.05, 3.63) is 29.8 Å². The SMILES string of the molecule is CCC(CC)C(O)CNC(=O)c1ccc(S(C)=O)cc1. The van der Waals surface area contributed by atoms with Gasteiger partial charge in [-0.15, -0.1) is 0 Å². The second kappa shape index (κ2) is 8.17. The minimum Gasteiger partial charge on any atom is -0.391 e. The molecule has 0 spiro atoms. The zero-order chi connectivity index (χ0) is 15.1. The molecule has 0 fully saturated rings. The van der Waals surface area contributed by atoms with Crippen LogP contribution in [0.5, 0.6) is 0 Å². The topological polar surface area (TPSA) is 66.4 Å². The molecule has 1 aromatic carbocycles. The molecule has 0 bridgehead atoms. The summed E-state index contributed by atoms with van der Waals surface area (Å²) in [5, 5.41) is 12.7. The Labute approximate surface area is 123 Å². The Morgan fingerprint density at radius 3 is 2.25 bits per heavy atom. The van der Waals surface area contributed by atoms with Gasteiger partial charge >= 0.3 is 0 Å². The predicted molar refractivity (Wildman–Crippen MR) is 81.2 cm³/mol. The monoisotopic (exact) mass is 297 g/mol. The van der Waals surface area contributed by atoms with Gasteiger partial charge in [-0.25, -0.2) is 0 Å². The highest BCUT2D eigenvalue weighted by Crippen LogP contribution is 2.12. The maximum absolute atomic E-state index is 11.9. The molecule has 0 aliphatic carbocycles. The number of aliphatic hydroxyl groups excluding tert-OH is 1. The van der Waals surface area contributed by atoms with Crippen molar-refractivity contribution in [1.82, 2.24) is 5.32 Å². The second-order valence-corrected chi connectivity index (χ2v) is 6.21. The van der Waals surface area contributed by atoms with E-state index in [2.05, 4.69) is 5.32 Å². The van der Waals surface area contributed by atoms with Crippen molar-refractivity contribution in [1.29, 1.82) is 0 Å². The highest BCUT2D eigenvalue weighted by molar-refractivity contribution is 7.84. The summed E-state index contributed by atoms with van der Waals surface area (Å²) in [6.45, 7) is 4.32. The summed E-state index contributed by atoms with van der Waals surface area (Å²) in [7, 11) is -1.04. The van der Waals surface area contributed by atoms with Crippen molar-refractivity contribution in [3.63, 3.8) is 0 Å². The third kappa shape index (κ3) is 4.72. The molecule has 0 saturated heterocycles. The molecule has 0 radical (unpaired) electrons. The summed E-state index contributed by atoms with van der Waals surface area (Å²) in [4.78, 5) is 12.6. The third-order valence-corrected chi connectivity index (χ3v) is 4.45. The van der Waals surface area contributed by atoms with Crippen LogP contribution in [0.3, 0.4) is 0 Å². The Morgan fingerprint density at radius 1 is 1.25 bits per heavy atom. The fourth-order valence-corrected chi connectivity index (χ4v) is 2.62. The molecule has 1 amide bonds. The minimum absolute atomic E-state index is 0.209. The van der Waals surface area contributed by atoms with Gasteiger partial charge in [-0.05, 0) is 30.2 Å². The van der Waals surface area contributed by atoms with Gasteiger partial charge in [0.2, 0.25) is 0 Å². The standard InChI is InChI=1S/C15H23NO3S/c1-4-11(5-2)14(17)10-16-15(18)12-6-8-13(9-7-12)20(3)19/h6-9,11,14,17H,4-5,10H2,1-3H3,(H,16,18). The van der Waals surface area contributed by atoms with E-state index in [1.165, 1.54) is 0 Å². The molecule has 4 nitrogen and oxygen atoms in total. The van der Waals surface area contributed by atoms with Gasteiger partial charge in [-0.2, -0.15) is 0 Å². The van der Waals surface area contributed by atoms with Crippen LogP contribution in [0, 0.1) is 5.92 Å². The Hall–Kier alpha value is -1.20. The molecule has 0 heterocycles. The molecule has 1 rings (SSSR count). The molecule has 2 N–H and O–H groups in total. The summed E-state index contributed by atoms with van der Waals surface area (Å²) in [6.07, 6.45) is 2.87. The summed E-state index contributed by atoms with van der Waals surface area (Å²) < 4.78 is 11.3. The van der Waals surface area contributed by atoms with Crippen molar-refractivity contribution in [2.45, 2.75) is 37.7 Å². The van der Waals surface area contributed by atoms with Crippen LogP contribution in [0.4, 0.5) is 0 Å². The molecular weight excluding hydrogens is 274 g/mol. The molecule has 2 atom stereocenters. The van der Waals surface area contributed by atoms with Gasteiger partial charge in [0.25, 0.3) is 5.91 Å². The lowest BCUT2D eigenvalue weighted by molar-refractivity contribution is 0.0816. The molecule has 112 valence electrons. The smallest absolute Gasteiger partial charge is 0.251 e. The Morgan fingerprint density at radius 2 is 1.80 bits per heavy atom. The Balaban J connectivity index is 2.56. The number of benzene rings is 1. The van der Waals surface area contributed by atoms with E-state index in [1.54, 1.807) is 30.5 Å². The van der Waals surface area contributed by atoms with Crippen LogP contribution in [0.15, 0.2) is 29.2 Å². The van der Waals surface area contributed by atoms with Crippen molar-refractivity contribution in [2.24, 2.45) is 5.92 Å². The van der Waals surface area contributed by atoms with Crippen LogP contribution in [0.1, 0.15) is 37.0 Å². The Kier molecular flexibility index (Phi) is 6.88. The number of aliphatic hydroxyl groups is 1. The van der Waals surface area contributed by atoms with E-state index in [0.29, 0.717) is 10.5 Å². The quantitative estimate of drug-likeness (QED) is 0.808. The number of hydrogen-bond acceptors (Lipinski definition) is 3. The first-order valence-electron chi connectivity index (χ1n) is 6.89. The van der Waals surface area contributed by atoms with Gasteiger partial charge in [-0.3, -0.25) is 9.00 Å². The number of carbonyl (C=O) groups is 1. The van der Waals surface area contributed by atoms with Gasteiger partial charge in [0.15, 0.2) is 0 Å². The van der Waals surface area contributed by atoms with Crippen LogP contribution in [-0.4, -0.2) is 34.1 Å². The number of carbonyl (C=O) groups excluding carboxylic acids is 1. The maximum atomic E-state index is 11.9. The molecule has 0 aromatic heterocycles. The van der Waals surface area contributed by atoms with E-state index < -0.39 is 16.9 Å². The number of rotatable bonds is 7. The first-order valence-corrected chi connectivity index (χ1v) is 8.45. The second-order valence-electron chi connectivity index (χ2n) is 4.83. The lowest BCUT2D eigenvalue weighted by atomic mass is 9.96. The molecule has 5 heteroatoms. The van der Waals surface area contributed by atoms with Crippen LogP contribution < -0.4 is 5.32 Å². The van der Waals surface area contributed by atoms with Crippen molar-refractivity contribution in [2.75, 3.05) is 12.8 Å². The van der Waals surface area contributed by atoms with Gasteiger partial charge in [-0.1, -0.05) is 26.7 Å². The molecule has 0 aliphatic rings. The summed E-state index contributed by atoms with van der Waals surface area (Å²) in [5.74, 6) is -0.0105. The average molecular weight is 297 g/mol. The van der Waals surface area contributed by atoms with Crippen LogP contribution in [0.2, 0.25) is 0 Å². The van der Waals surface area contributed by atoms with Crippen molar-refractivity contribution < 1.29 is 14.1 Å². The normalized spacial score (nSPS) is 14.1. The van der Waals surface area contributed by atoms with Gasteiger partial charge in [0, 0.05) is 34.1 Å². The molecular formula is C15H23NO3S. The molecule has 20 heavy (non-hydrogen) atoms. The van der Waals surface area contributed by atoms with Crippen LogP contribution >= 0.6 is 0 Å². The van der Waals surface area contributed by atoms with E-state index in [9.17, 15) is 14.1 Å². The molecule has 0 aliphatic heterocycles. The van der Waals surface area contributed by atoms with Crippen LogP contribution in [-0.2, 0) is 10.8 Å². The van der Waals surface area contributed by atoms with Crippen molar-refractivity contribution >= 4 is 16.7 Å². The highest BCUT2D eigenvalue weighted by atomic mass is 32.2. The van der Waals surface area contributed by atoms with E-state index in [0.717, 1.165) is 12.8 Å².